The van der Waals surface area contributed by atoms with E-state index in [1.165, 1.54) is 19.3 Å². The van der Waals surface area contributed by atoms with E-state index in [4.69, 9.17) is 16.3 Å². The molecular formula is C15H22ClNO2. The summed E-state index contributed by atoms with van der Waals surface area (Å²) < 4.78 is 5.39. The molecule has 0 radical (unpaired) electrons. The molecule has 1 aliphatic heterocycles. The Balaban J connectivity index is 2.15. The molecule has 3 nitrogen and oxygen atoms in total. The predicted octanol–water partition coefficient (Wildman–Crippen LogP) is 3.09. The Labute approximate surface area is 120 Å². The molecule has 19 heavy (non-hydrogen) atoms. The fourth-order valence-corrected chi connectivity index (χ4v) is 2.94. The lowest BCUT2D eigenvalue weighted by molar-refractivity contribution is 0.117. The highest BCUT2D eigenvalue weighted by Gasteiger charge is 2.21. The molecule has 0 amide bonds. The molecule has 1 unspecified atom stereocenters. The van der Waals surface area contributed by atoms with Crippen molar-refractivity contribution in [3.63, 3.8) is 0 Å². The number of ether oxygens (including phenoxy) is 1. The van der Waals surface area contributed by atoms with Gasteiger partial charge in [0.15, 0.2) is 0 Å². The van der Waals surface area contributed by atoms with Crippen molar-refractivity contribution >= 4 is 11.6 Å². The quantitative estimate of drug-likeness (QED) is 0.922. The van der Waals surface area contributed by atoms with Crippen LogP contribution in [0.5, 0.6) is 5.75 Å². The van der Waals surface area contributed by atoms with Gasteiger partial charge in [-0.15, -0.1) is 0 Å². The molecule has 4 heteroatoms. The summed E-state index contributed by atoms with van der Waals surface area (Å²) in [6, 6.07) is 5.96. The Kier molecular flexibility index (Phi) is 5.49. The number of benzene rings is 1. The van der Waals surface area contributed by atoms with Crippen LogP contribution < -0.4 is 4.74 Å². The van der Waals surface area contributed by atoms with Crippen molar-refractivity contribution in [2.75, 3.05) is 20.3 Å². The Morgan fingerprint density at radius 2 is 2.21 bits per heavy atom. The van der Waals surface area contributed by atoms with Gasteiger partial charge in [-0.25, -0.2) is 0 Å². The van der Waals surface area contributed by atoms with E-state index >= 15 is 0 Å². The van der Waals surface area contributed by atoms with Crippen LogP contribution in [0.3, 0.4) is 0 Å². The molecule has 0 bridgehead atoms. The zero-order valence-electron chi connectivity index (χ0n) is 11.4. The third-order valence-electron chi connectivity index (χ3n) is 3.83. The highest BCUT2D eigenvalue weighted by molar-refractivity contribution is 6.30. The Morgan fingerprint density at radius 3 is 2.95 bits per heavy atom. The second-order valence-electron chi connectivity index (χ2n) is 5.11. The van der Waals surface area contributed by atoms with Crippen LogP contribution in [0, 0.1) is 0 Å². The normalized spacial score (nSPS) is 21.1. The molecule has 2 rings (SSSR count). The Bertz CT molecular complexity index is 411. The fourth-order valence-electron chi connectivity index (χ4n) is 2.74. The van der Waals surface area contributed by atoms with E-state index in [1.807, 2.05) is 18.2 Å². The summed E-state index contributed by atoms with van der Waals surface area (Å²) in [6.07, 6.45) is 4.72. The van der Waals surface area contributed by atoms with Crippen LogP contribution in [0.1, 0.15) is 31.2 Å². The standard InChI is InChI=1S/C15H22ClNO2/c1-19-15-7-6-13(16)9-12(15)10-17-8-4-2-3-5-14(17)11-18/h6-7,9,14,18H,2-5,8,10-11H2,1H3. The number of hydrogen-bond acceptors (Lipinski definition) is 3. The molecular weight excluding hydrogens is 262 g/mol. The van der Waals surface area contributed by atoms with Crippen molar-refractivity contribution in [2.45, 2.75) is 38.3 Å². The van der Waals surface area contributed by atoms with Crippen molar-refractivity contribution in [2.24, 2.45) is 0 Å². The van der Waals surface area contributed by atoms with Crippen LogP contribution in [0.2, 0.25) is 5.02 Å². The smallest absolute Gasteiger partial charge is 0.123 e. The minimum absolute atomic E-state index is 0.225. The van der Waals surface area contributed by atoms with Gasteiger partial charge in [-0.3, -0.25) is 4.90 Å². The number of methoxy groups -OCH3 is 1. The number of nitrogens with zero attached hydrogens (tertiary/aromatic N) is 1. The summed E-state index contributed by atoms with van der Waals surface area (Å²) in [5.74, 6) is 0.866. The van der Waals surface area contributed by atoms with Crippen LogP contribution in [-0.4, -0.2) is 36.3 Å². The molecule has 0 spiro atoms. The highest BCUT2D eigenvalue weighted by Crippen LogP contribution is 2.26. The largest absolute Gasteiger partial charge is 0.496 e. The van der Waals surface area contributed by atoms with E-state index in [1.54, 1.807) is 7.11 Å². The second kappa shape index (κ2) is 7.13. The molecule has 1 N–H and O–H groups in total. The third-order valence-corrected chi connectivity index (χ3v) is 4.06. The van der Waals surface area contributed by atoms with Crippen LogP contribution in [0.4, 0.5) is 0 Å². The van der Waals surface area contributed by atoms with Crippen LogP contribution in [-0.2, 0) is 6.54 Å². The van der Waals surface area contributed by atoms with Gasteiger partial charge < -0.3 is 9.84 Å². The molecule has 0 aliphatic carbocycles. The average molecular weight is 284 g/mol. The number of halogens is 1. The number of hydrogen-bond donors (Lipinski definition) is 1. The molecule has 1 atom stereocenters. The molecule has 0 aromatic heterocycles. The minimum atomic E-state index is 0.225. The molecule has 1 aromatic rings. The van der Waals surface area contributed by atoms with Crippen molar-refractivity contribution in [1.82, 2.24) is 4.90 Å². The second-order valence-corrected chi connectivity index (χ2v) is 5.55. The number of likely N-dealkylation sites (tertiary alicyclic amines) is 1. The van der Waals surface area contributed by atoms with Crippen molar-refractivity contribution in [1.29, 1.82) is 0 Å². The molecule has 106 valence electrons. The minimum Gasteiger partial charge on any atom is -0.496 e. The maximum absolute atomic E-state index is 9.55. The Hall–Kier alpha value is -0.770. The summed E-state index contributed by atoms with van der Waals surface area (Å²) in [6.45, 7) is 2.04. The van der Waals surface area contributed by atoms with Crippen LogP contribution in [0.25, 0.3) is 0 Å². The average Bonchev–Trinajstić information content (AvgIpc) is 2.64. The monoisotopic (exact) mass is 283 g/mol. The highest BCUT2D eigenvalue weighted by atomic mass is 35.5. The predicted molar refractivity (Wildman–Crippen MR) is 77.8 cm³/mol. The first-order valence-corrected chi connectivity index (χ1v) is 7.29. The Morgan fingerprint density at radius 1 is 1.37 bits per heavy atom. The lowest BCUT2D eigenvalue weighted by Gasteiger charge is -2.29. The SMILES string of the molecule is COc1ccc(Cl)cc1CN1CCCCCC1CO. The lowest BCUT2D eigenvalue weighted by Crippen LogP contribution is -2.37. The third kappa shape index (κ3) is 3.85. The zero-order chi connectivity index (χ0) is 13.7. The van der Waals surface area contributed by atoms with Crippen molar-refractivity contribution in [3.05, 3.63) is 28.8 Å². The van der Waals surface area contributed by atoms with Gasteiger partial charge in [-0.05, 0) is 37.6 Å². The molecule has 1 aromatic carbocycles. The molecule has 0 saturated carbocycles. The maximum Gasteiger partial charge on any atom is 0.123 e. The molecule has 1 heterocycles. The van der Waals surface area contributed by atoms with E-state index < -0.39 is 0 Å². The number of aliphatic hydroxyl groups excluding tert-OH is 1. The van der Waals surface area contributed by atoms with Crippen LogP contribution >= 0.6 is 11.6 Å². The van der Waals surface area contributed by atoms with E-state index in [0.29, 0.717) is 0 Å². The first-order valence-electron chi connectivity index (χ1n) is 6.92. The van der Waals surface area contributed by atoms with Gasteiger partial charge in [-0.2, -0.15) is 0 Å². The van der Waals surface area contributed by atoms with Gasteiger partial charge >= 0.3 is 0 Å². The molecule has 1 saturated heterocycles. The lowest BCUT2D eigenvalue weighted by atomic mass is 10.1. The maximum atomic E-state index is 9.55. The number of aliphatic hydroxyl groups is 1. The van der Waals surface area contributed by atoms with Gasteiger partial charge in [0, 0.05) is 23.2 Å². The first kappa shape index (κ1) is 14.6. The summed E-state index contributed by atoms with van der Waals surface area (Å²) in [4.78, 5) is 2.35. The van der Waals surface area contributed by atoms with Gasteiger partial charge in [0.1, 0.15) is 5.75 Å². The summed E-state index contributed by atoms with van der Waals surface area (Å²) >= 11 is 6.07. The topological polar surface area (TPSA) is 32.7 Å². The van der Waals surface area contributed by atoms with Gasteiger partial charge in [0.25, 0.3) is 0 Å². The van der Waals surface area contributed by atoms with E-state index in [0.717, 1.165) is 35.8 Å². The fraction of sp³-hybridized carbons (Fsp3) is 0.600. The molecule has 1 aliphatic rings. The first-order chi connectivity index (χ1) is 9.24. The van der Waals surface area contributed by atoms with E-state index in [9.17, 15) is 5.11 Å². The van der Waals surface area contributed by atoms with Gasteiger partial charge in [-0.1, -0.05) is 24.4 Å². The van der Waals surface area contributed by atoms with Crippen LogP contribution in [0.15, 0.2) is 18.2 Å². The van der Waals surface area contributed by atoms with Gasteiger partial charge in [0.2, 0.25) is 0 Å². The zero-order valence-corrected chi connectivity index (χ0v) is 12.2. The van der Waals surface area contributed by atoms with E-state index in [2.05, 4.69) is 4.90 Å². The van der Waals surface area contributed by atoms with Gasteiger partial charge in [0.05, 0.1) is 13.7 Å². The van der Waals surface area contributed by atoms with Crippen molar-refractivity contribution < 1.29 is 9.84 Å². The summed E-state index contributed by atoms with van der Waals surface area (Å²) in [5, 5.41) is 10.3. The summed E-state index contributed by atoms with van der Waals surface area (Å²) in [5.41, 5.74) is 1.09. The number of rotatable bonds is 4. The van der Waals surface area contributed by atoms with E-state index in [-0.39, 0.29) is 12.6 Å². The molecule has 1 fully saturated rings. The summed E-state index contributed by atoms with van der Waals surface area (Å²) in [7, 11) is 1.68. The van der Waals surface area contributed by atoms with Crippen molar-refractivity contribution in [3.8, 4) is 5.75 Å².